The zero-order valence-corrected chi connectivity index (χ0v) is 10.5. The summed E-state index contributed by atoms with van der Waals surface area (Å²) >= 11 is 0. The topological polar surface area (TPSA) is 20.2 Å². The van der Waals surface area contributed by atoms with E-state index in [1.165, 1.54) is 12.8 Å². The van der Waals surface area contributed by atoms with E-state index < -0.39 is 0 Å². The minimum atomic E-state index is 0.450. The molecule has 2 rings (SSSR count). The number of phenolic OH excluding ortho intramolecular Hbond substituents is 1. The molecule has 1 aliphatic carbocycles. The van der Waals surface area contributed by atoms with Gasteiger partial charge in [-0.3, -0.25) is 0 Å². The second-order valence-corrected chi connectivity index (χ2v) is 5.22. The molecule has 2 atom stereocenters. The van der Waals surface area contributed by atoms with Gasteiger partial charge in [0.2, 0.25) is 0 Å². The molecule has 16 heavy (non-hydrogen) atoms. The van der Waals surface area contributed by atoms with Crippen LogP contribution in [-0.2, 0) is 0 Å². The molecular formula is C15H22O. The molecule has 1 aromatic rings. The molecule has 0 aromatic heterocycles. The van der Waals surface area contributed by atoms with E-state index in [0.29, 0.717) is 17.6 Å². The Labute approximate surface area is 98.5 Å². The summed E-state index contributed by atoms with van der Waals surface area (Å²) < 4.78 is 0. The maximum Gasteiger partial charge on any atom is 0.122 e. The Morgan fingerprint density at radius 1 is 1.25 bits per heavy atom. The van der Waals surface area contributed by atoms with Gasteiger partial charge < -0.3 is 5.11 Å². The summed E-state index contributed by atoms with van der Waals surface area (Å²) in [7, 11) is 0. The first-order valence-corrected chi connectivity index (χ1v) is 6.46. The maximum atomic E-state index is 10.3. The second kappa shape index (κ2) is 4.48. The number of rotatable bonds is 4. The highest BCUT2D eigenvalue weighted by atomic mass is 16.3. The van der Waals surface area contributed by atoms with E-state index in [4.69, 9.17) is 0 Å². The van der Waals surface area contributed by atoms with Gasteiger partial charge in [0.15, 0.2) is 0 Å². The molecule has 1 heteroatoms. The molecular weight excluding hydrogens is 196 g/mol. The van der Waals surface area contributed by atoms with Gasteiger partial charge in [-0.2, -0.15) is 0 Å². The number of phenols is 1. The van der Waals surface area contributed by atoms with E-state index in [2.05, 4.69) is 39.0 Å². The fourth-order valence-electron chi connectivity index (χ4n) is 2.42. The zero-order valence-electron chi connectivity index (χ0n) is 10.5. The van der Waals surface area contributed by atoms with Gasteiger partial charge in [0.25, 0.3) is 0 Å². The Kier molecular flexibility index (Phi) is 3.22. The molecule has 0 amide bonds. The first kappa shape index (κ1) is 11.5. The van der Waals surface area contributed by atoms with Crippen LogP contribution in [0.25, 0.3) is 0 Å². The van der Waals surface area contributed by atoms with E-state index in [1.807, 2.05) is 0 Å². The monoisotopic (exact) mass is 218 g/mol. The molecule has 1 nitrogen and oxygen atoms in total. The number of hydrogen-bond acceptors (Lipinski definition) is 1. The van der Waals surface area contributed by atoms with Crippen molar-refractivity contribution in [2.24, 2.45) is 5.92 Å². The van der Waals surface area contributed by atoms with E-state index in [9.17, 15) is 5.11 Å². The summed E-state index contributed by atoms with van der Waals surface area (Å²) in [5, 5.41) is 10.3. The van der Waals surface area contributed by atoms with Crippen molar-refractivity contribution in [2.75, 3.05) is 0 Å². The summed E-state index contributed by atoms with van der Waals surface area (Å²) in [6.07, 6.45) is 3.73. The second-order valence-electron chi connectivity index (χ2n) is 5.22. The van der Waals surface area contributed by atoms with Gasteiger partial charge in [0.1, 0.15) is 5.75 Å². The standard InChI is InChI=1S/C15H22O/c1-4-10(2)13-6-5-7-14(15(13)16)11(3)12-8-9-12/h5-7,10-12,16H,4,8-9H2,1-3H3/t10?,11-/m0/s1. The van der Waals surface area contributed by atoms with Crippen LogP contribution in [0.5, 0.6) is 5.75 Å². The van der Waals surface area contributed by atoms with Crippen LogP contribution < -0.4 is 0 Å². The average molecular weight is 218 g/mol. The lowest BCUT2D eigenvalue weighted by Gasteiger charge is -2.18. The molecule has 1 fully saturated rings. The Bertz CT molecular complexity index is 366. The SMILES string of the molecule is CCC(C)c1cccc([C@@H](C)C2CC2)c1O. The van der Waals surface area contributed by atoms with Gasteiger partial charge in [-0.15, -0.1) is 0 Å². The van der Waals surface area contributed by atoms with Crippen LogP contribution in [0.3, 0.4) is 0 Å². The fraction of sp³-hybridized carbons (Fsp3) is 0.600. The van der Waals surface area contributed by atoms with Crippen LogP contribution in [0.15, 0.2) is 18.2 Å². The van der Waals surface area contributed by atoms with Crippen molar-refractivity contribution >= 4 is 0 Å². The van der Waals surface area contributed by atoms with Crippen molar-refractivity contribution in [3.05, 3.63) is 29.3 Å². The normalized spacial score (nSPS) is 19.4. The number of aromatic hydroxyl groups is 1. The predicted octanol–water partition coefficient (Wildman–Crippen LogP) is 4.42. The third kappa shape index (κ3) is 2.09. The minimum absolute atomic E-state index is 0.450. The van der Waals surface area contributed by atoms with E-state index in [1.54, 1.807) is 0 Å². The minimum Gasteiger partial charge on any atom is -0.507 e. The van der Waals surface area contributed by atoms with E-state index in [0.717, 1.165) is 23.5 Å². The van der Waals surface area contributed by atoms with Crippen molar-refractivity contribution in [2.45, 2.75) is 51.9 Å². The molecule has 88 valence electrons. The van der Waals surface area contributed by atoms with Crippen LogP contribution in [0.2, 0.25) is 0 Å². The van der Waals surface area contributed by atoms with Crippen LogP contribution in [0, 0.1) is 5.92 Å². The molecule has 0 aliphatic heterocycles. The van der Waals surface area contributed by atoms with Crippen LogP contribution in [0.4, 0.5) is 0 Å². The van der Waals surface area contributed by atoms with Gasteiger partial charge in [-0.1, -0.05) is 39.0 Å². The van der Waals surface area contributed by atoms with Gasteiger partial charge >= 0.3 is 0 Å². The lowest BCUT2D eigenvalue weighted by molar-refractivity contribution is 0.446. The summed E-state index contributed by atoms with van der Waals surface area (Å²) in [6.45, 7) is 6.59. The highest BCUT2D eigenvalue weighted by Crippen LogP contribution is 2.46. The van der Waals surface area contributed by atoms with Crippen LogP contribution in [0.1, 0.15) is 63.0 Å². The molecule has 0 heterocycles. The summed E-state index contributed by atoms with van der Waals surface area (Å²) in [5.41, 5.74) is 2.27. The Morgan fingerprint density at radius 3 is 2.44 bits per heavy atom. The number of para-hydroxylation sites is 1. The summed E-state index contributed by atoms with van der Waals surface area (Å²) in [6, 6.07) is 6.24. The average Bonchev–Trinajstić information content (AvgIpc) is 3.11. The first-order chi connectivity index (χ1) is 7.65. The molecule has 1 saturated carbocycles. The smallest absolute Gasteiger partial charge is 0.122 e. The summed E-state index contributed by atoms with van der Waals surface area (Å²) in [5.74, 6) is 2.32. The Balaban J connectivity index is 2.31. The Morgan fingerprint density at radius 2 is 1.88 bits per heavy atom. The zero-order chi connectivity index (χ0) is 11.7. The van der Waals surface area contributed by atoms with Crippen LogP contribution in [-0.4, -0.2) is 5.11 Å². The molecule has 0 radical (unpaired) electrons. The largest absolute Gasteiger partial charge is 0.507 e. The van der Waals surface area contributed by atoms with Gasteiger partial charge in [-0.25, -0.2) is 0 Å². The fourth-order valence-corrected chi connectivity index (χ4v) is 2.42. The molecule has 0 saturated heterocycles. The van der Waals surface area contributed by atoms with Crippen molar-refractivity contribution in [1.82, 2.24) is 0 Å². The first-order valence-electron chi connectivity index (χ1n) is 6.46. The highest BCUT2D eigenvalue weighted by molar-refractivity contribution is 5.44. The summed E-state index contributed by atoms with van der Waals surface area (Å²) in [4.78, 5) is 0. The third-order valence-electron chi connectivity index (χ3n) is 4.06. The van der Waals surface area contributed by atoms with Crippen molar-refractivity contribution in [3.8, 4) is 5.75 Å². The molecule has 1 aliphatic rings. The number of benzene rings is 1. The van der Waals surface area contributed by atoms with E-state index in [-0.39, 0.29) is 0 Å². The lowest BCUT2D eigenvalue weighted by atomic mass is 9.89. The van der Waals surface area contributed by atoms with Gasteiger partial charge in [0, 0.05) is 0 Å². The molecule has 0 bridgehead atoms. The van der Waals surface area contributed by atoms with Crippen LogP contribution >= 0.6 is 0 Å². The van der Waals surface area contributed by atoms with Gasteiger partial charge in [-0.05, 0) is 48.1 Å². The van der Waals surface area contributed by atoms with E-state index >= 15 is 0 Å². The number of hydrogen-bond donors (Lipinski definition) is 1. The maximum absolute atomic E-state index is 10.3. The molecule has 1 N–H and O–H groups in total. The Hall–Kier alpha value is -0.980. The molecule has 0 spiro atoms. The van der Waals surface area contributed by atoms with Crippen molar-refractivity contribution < 1.29 is 5.11 Å². The molecule has 1 aromatic carbocycles. The highest BCUT2D eigenvalue weighted by Gasteiger charge is 2.30. The lowest BCUT2D eigenvalue weighted by Crippen LogP contribution is -2.00. The van der Waals surface area contributed by atoms with Crippen molar-refractivity contribution in [3.63, 3.8) is 0 Å². The molecule has 1 unspecified atom stereocenters. The van der Waals surface area contributed by atoms with Crippen molar-refractivity contribution in [1.29, 1.82) is 0 Å². The third-order valence-corrected chi connectivity index (χ3v) is 4.06. The predicted molar refractivity (Wildman–Crippen MR) is 68.0 cm³/mol. The quantitative estimate of drug-likeness (QED) is 0.793. The van der Waals surface area contributed by atoms with Gasteiger partial charge in [0.05, 0.1) is 0 Å².